The van der Waals surface area contributed by atoms with Gasteiger partial charge in [-0.1, -0.05) is 44.7 Å². The summed E-state index contributed by atoms with van der Waals surface area (Å²) in [7, 11) is 5.28. The van der Waals surface area contributed by atoms with Gasteiger partial charge < -0.3 is 42.9 Å². The van der Waals surface area contributed by atoms with Crippen LogP contribution in [0.3, 0.4) is 0 Å². The smallest absolute Gasteiger partial charge is 0.457 e. The van der Waals surface area contributed by atoms with Gasteiger partial charge in [0.15, 0.2) is 36.5 Å². The lowest BCUT2D eigenvalue weighted by molar-refractivity contribution is -0.297. The topological polar surface area (TPSA) is 171 Å². The number of carbonyl (C=O) groups excluding carboxylic acids is 4. The molecule has 4 rings (SSSR count). The van der Waals surface area contributed by atoms with Gasteiger partial charge in [0.05, 0.1) is 29.6 Å². The Kier molecular flexibility index (Phi) is 15.1. The second-order valence-corrected chi connectivity index (χ2v) is 15.8. The van der Waals surface area contributed by atoms with Crippen molar-refractivity contribution in [2.24, 2.45) is 28.8 Å². The molecule has 0 radical (unpaired) electrons. The predicted molar refractivity (Wildman–Crippen MR) is 203 cm³/mol. The number of hydrogen-bond acceptors (Lipinski definition) is 15. The highest BCUT2D eigenvalue weighted by molar-refractivity contribution is 6.00. The second-order valence-electron chi connectivity index (χ2n) is 15.8. The van der Waals surface area contributed by atoms with E-state index in [9.17, 15) is 19.2 Å². The van der Waals surface area contributed by atoms with Crippen LogP contribution >= 0.6 is 0 Å². The molecule has 3 aliphatic heterocycles. The number of Topliss-reactive ketones (excluding diaryl/α,β-unsaturated/α-hetero) is 1. The minimum Gasteiger partial charge on any atom is -0.457 e. The van der Waals surface area contributed by atoms with E-state index in [1.807, 2.05) is 52.8 Å². The lowest BCUT2D eigenvalue weighted by Crippen LogP contribution is -2.60. The first kappa shape index (κ1) is 44.6. The number of likely N-dealkylation sites (N-methyl/N-ethyl adjacent to an activating group) is 1. The van der Waals surface area contributed by atoms with Crippen LogP contribution in [0.5, 0.6) is 0 Å². The van der Waals surface area contributed by atoms with Crippen LogP contribution in [0, 0.1) is 35.5 Å². The van der Waals surface area contributed by atoms with Gasteiger partial charge in [-0.3, -0.25) is 19.4 Å². The molecule has 0 aliphatic carbocycles. The van der Waals surface area contributed by atoms with Gasteiger partial charge in [-0.25, -0.2) is 4.79 Å². The normalized spacial score (nSPS) is 37.6. The monoisotopic (exact) mass is 785 g/mol. The maximum Gasteiger partial charge on any atom is 0.509 e. The third-order valence-corrected chi connectivity index (χ3v) is 11.3. The third kappa shape index (κ3) is 10.1. The van der Waals surface area contributed by atoms with E-state index in [1.165, 1.54) is 21.0 Å². The summed E-state index contributed by atoms with van der Waals surface area (Å²) >= 11 is 0. The second kappa shape index (κ2) is 18.9. The van der Waals surface area contributed by atoms with Crippen molar-refractivity contribution in [2.45, 2.75) is 136 Å². The summed E-state index contributed by atoms with van der Waals surface area (Å²) in [6, 6.07) is 3.34. The van der Waals surface area contributed by atoms with Gasteiger partial charge in [0.2, 0.25) is 0 Å². The molecule has 310 valence electrons. The van der Waals surface area contributed by atoms with Crippen LogP contribution < -0.4 is 0 Å². The fourth-order valence-electron chi connectivity index (χ4n) is 8.25. The fourth-order valence-corrected chi connectivity index (χ4v) is 8.25. The van der Waals surface area contributed by atoms with Gasteiger partial charge in [0, 0.05) is 49.7 Å². The van der Waals surface area contributed by atoms with E-state index < -0.39 is 89.5 Å². The molecule has 1 aromatic heterocycles. The van der Waals surface area contributed by atoms with E-state index in [4.69, 9.17) is 38.0 Å². The van der Waals surface area contributed by atoms with E-state index in [0.29, 0.717) is 17.7 Å². The Morgan fingerprint density at radius 3 is 2.41 bits per heavy atom. The quantitative estimate of drug-likeness (QED) is 0.0885. The Labute approximate surface area is 330 Å². The van der Waals surface area contributed by atoms with E-state index in [0.717, 1.165) is 0 Å². The van der Waals surface area contributed by atoms with Crippen molar-refractivity contribution >= 4 is 29.6 Å². The van der Waals surface area contributed by atoms with Crippen molar-refractivity contribution in [3.63, 3.8) is 0 Å². The summed E-state index contributed by atoms with van der Waals surface area (Å²) in [4.78, 5) is 65.4. The Balaban J connectivity index is 1.83. The number of aromatic nitrogens is 1. The molecular formula is C41H59N3O12. The van der Waals surface area contributed by atoms with Crippen molar-refractivity contribution < 1.29 is 57.2 Å². The van der Waals surface area contributed by atoms with Gasteiger partial charge in [-0.2, -0.15) is 0 Å². The van der Waals surface area contributed by atoms with Crippen molar-refractivity contribution in [3.05, 3.63) is 30.1 Å². The molecule has 3 aliphatic rings. The van der Waals surface area contributed by atoms with Crippen LogP contribution in [0.25, 0.3) is 0 Å². The van der Waals surface area contributed by atoms with Crippen LogP contribution in [-0.2, 0) is 52.4 Å². The van der Waals surface area contributed by atoms with Gasteiger partial charge in [0.1, 0.15) is 12.0 Å². The number of fused-ring (bicyclic) bond motifs is 1. The van der Waals surface area contributed by atoms with Crippen LogP contribution in [0.1, 0.15) is 87.1 Å². The van der Waals surface area contributed by atoms with Crippen molar-refractivity contribution in [2.75, 3.05) is 27.8 Å². The summed E-state index contributed by atoms with van der Waals surface area (Å²) in [5.41, 5.74) is -1.53. The molecule has 1 aromatic rings. The highest BCUT2D eigenvalue weighted by atomic mass is 16.8. The standard InChI is InChI=1S/C41H59N3O12/c1-13-31-41(9)36(55-39(48)56-41)25(4)32(43-50-19-15-17-29-16-14-18-42-22-29)23(2)21-40(8,49-12)35(26(5)33(46)27(6)37(47)53-31)54-38-34(52-28(7)45)30(44(10)11)20-24(3)51-38/h14,16,18,22-27,30-31,34-36,38H,13,19-21H2,1-12H3/b43-32+/t23-,24-,25+,26+,27-,30+,31-,34-,35-,36-,38+,40-,41-/m1/s1. The third-order valence-electron chi connectivity index (χ3n) is 11.3. The van der Waals surface area contributed by atoms with Crippen molar-refractivity contribution in [1.82, 2.24) is 9.88 Å². The number of nitrogens with zero attached hydrogens (tertiary/aromatic N) is 3. The average Bonchev–Trinajstić information content (AvgIpc) is 3.47. The molecule has 3 fully saturated rings. The summed E-state index contributed by atoms with van der Waals surface area (Å²) in [6.07, 6.45) is -1.89. The number of hydrogen-bond donors (Lipinski definition) is 0. The van der Waals surface area contributed by atoms with Gasteiger partial charge >= 0.3 is 18.1 Å². The van der Waals surface area contributed by atoms with E-state index in [2.05, 4.69) is 22.0 Å². The first-order chi connectivity index (χ1) is 26.4. The Hall–Kier alpha value is -4.10. The molecule has 4 heterocycles. The lowest BCUT2D eigenvalue weighted by Gasteiger charge is -2.47. The number of rotatable bonds is 8. The van der Waals surface area contributed by atoms with Crippen LogP contribution in [0.2, 0.25) is 0 Å². The zero-order valence-electron chi connectivity index (χ0n) is 34.7. The molecule has 0 aromatic carbocycles. The lowest BCUT2D eigenvalue weighted by atomic mass is 9.74. The highest BCUT2D eigenvalue weighted by Gasteiger charge is 2.59. The molecule has 3 saturated heterocycles. The maximum atomic E-state index is 14.4. The number of ketones is 1. The van der Waals surface area contributed by atoms with Crippen LogP contribution in [0.4, 0.5) is 4.79 Å². The first-order valence-electron chi connectivity index (χ1n) is 19.3. The minimum atomic E-state index is -1.44. The number of ether oxygens (including phenoxy) is 7. The molecule has 0 saturated carbocycles. The maximum absolute atomic E-state index is 14.4. The molecule has 13 atom stereocenters. The molecule has 15 nitrogen and oxygen atoms in total. The molecule has 0 bridgehead atoms. The highest BCUT2D eigenvalue weighted by Crippen LogP contribution is 2.42. The van der Waals surface area contributed by atoms with Crippen LogP contribution in [0.15, 0.2) is 29.7 Å². The zero-order valence-corrected chi connectivity index (χ0v) is 34.7. The molecule has 0 N–H and O–H groups in total. The number of oxime groups is 1. The predicted octanol–water partition coefficient (Wildman–Crippen LogP) is 4.73. The van der Waals surface area contributed by atoms with E-state index in [1.54, 1.807) is 39.2 Å². The summed E-state index contributed by atoms with van der Waals surface area (Å²) in [5, 5.41) is 4.59. The molecule has 0 spiro atoms. The molecule has 0 amide bonds. The average molecular weight is 786 g/mol. The Morgan fingerprint density at radius 2 is 1.80 bits per heavy atom. The number of cyclic esters (lactones) is 1. The minimum absolute atomic E-state index is 0.0657. The van der Waals surface area contributed by atoms with Gasteiger partial charge in [0.25, 0.3) is 0 Å². The molecule has 15 heteroatoms. The summed E-state index contributed by atoms with van der Waals surface area (Å²) < 4.78 is 42.9. The fraction of sp³-hybridized carbons (Fsp3) is 0.707. The number of methoxy groups -OCH3 is 1. The largest absolute Gasteiger partial charge is 0.509 e. The number of pyridine rings is 1. The first-order valence-corrected chi connectivity index (χ1v) is 19.3. The van der Waals surface area contributed by atoms with E-state index >= 15 is 0 Å². The SMILES string of the molecule is CC[C@H]1OC(=O)[C@H](C)C(=O)[C@H](C)[C@@H](O[C@@H]2O[C@H](C)C[C@H](N(C)C)[C@H]2OC(C)=O)[C@](C)(OC)C[C@@H](C)/C(=N\OCC#Cc2cccnc2)[C@H](C)[C@H]2OC(=O)O[C@@]21C. The van der Waals surface area contributed by atoms with Gasteiger partial charge in [-0.05, 0) is 73.2 Å². The van der Waals surface area contributed by atoms with Gasteiger partial charge in [-0.15, -0.1) is 0 Å². The molecule has 56 heavy (non-hydrogen) atoms. The Morgan fingerprint density at radius 1 is 1.09 bits per heavy atom. The summed E-state index contributed by atoms with van der Waals surface area (Å²) in [5.74, 6) is 0.818. The zero-order chi connectivity index (χ0) is 41.5. The number of esters is 2. The number of carbonyl (C=O) groups is 4. The molecular weight excluding hydrogens is 726 g/mol. The molecule has 0 unspecified atom stereocenters. The van der Waals surface area contributed by atoms with Crippen LogP contribution in [-0.4, -0.2) is 121 Å². The van der Waals surface area contributed by atoms with E-state index in [-0.39, 0.29) is 31.6 Å². The Bertz CT molecular complexity index is 1640. The summed E-state index contributed by atoms with van der Waals surface area (Å²) in [6.45, 7) is 15.3. The van der Waals surface area contributed by atoms with Crippen molar-refractivity contribution in [3.8, 4) is 11.8 Å². The van der Waals surface area contributed by atoms with Crippen molar-refractivity contribution in [1.29, 1.82) is 0 Å².